The van der Waals surface area contributed by atoms with Crippen molar-refractivity contribution in [1.29, 1.82) is 0 Å². The maximum atomic E-state index is 12.8. The van der Waals surface area contributed by atoms with Crippen LogP contribution in [0.5, 0.6) is 0 Å². The van der Waals surface area contributed by atoms with Crippen LogP contribution < -0.4 is 0 Å². The molecule has 0 saturated carbocycles. The SMILES string of the molecule is CC/C=C\C/C=C\C/C=C\CCCCCCCCCCCC(=O)OCC(COC(=O)CCCCCCCCCCCCCC)OC(=O)CCCCCCC\C=C/C=C\C=C/CCCCCCC. The fraction of sp³-hybridized carbons (Fsp3) is 0.754. The van der Waals surface area contributed by atoms with Gasteiger partial charge in [-0.15, -0.1) is 0 Å². The zero-order chi connectivity index (χ0) is 48.6. The second kappa shape index (κ2) is 55.4. The predicted molar refractivity (Wildman–Crippen MR) is 288 cm³/mol. The Morgan fingerprint density at radius 3 is 1.03 bits per heavy atom. The van der Waals surface area contributed by atoms with E-state index < -0.39 is 6.10 Å². The zero-order valence-corrected chi connectivity index (χ0v) is 44.2. The van der Waals surface area contributed by atoms with Gasteiger partial charge in [0.25, 0.3) is 0 Å². The molecule has 0 aliphatic rings. The number of hydrogen-bond donors (Lipinski definition) is 0. The summed E-state index contributed by atoms with van der Waals surface area (Å²) in [6, 6.07) is 0. The van der Waals surface area contributed by atoms with Crippen LogP contribution in [0.15, 0.2) is 72.9 Å². The minimum Gasteiger partial charge on any atom is -0.462 e. The highest BCUT2D eigenvalue weighted by atomic mass is 16.6. The van der Waals surface area contributed by atoms with Gasteiger partial charge in [-0.1, -0.05) is 254 Å². The van der Waals surface area contributed by atoms with E-state index >= 15 is 0 Å². The second-order valence-corrected chi connectivity index (χ2v) is 18.9. The Hall–Kier alpha value is -3.15. The van der Waals surface area contributed by atoms with Gasteiger partial charge in [0.05, 0.1) is 0 Å². The van der Waals surface area contributed by atoms with Gasteiger partial charge in [0.2, 0.25) is 0 Å². The smallest absolute Gasteiger partial charge is 0.306 e. The van der Waals surface area contributed by atoms with Crippen molar-refractivity contribution in [1.82, 2.24) is 0 Å². The molecule has 6 nitrogen and oxygen atoms in total. The predicted octanol–water partition coefficient (Wildman–Crippen LogP) is 19.0. The van der Waals surface area contributed by atoms with Crippen molar-refractivity contribution in [2.45, 2.75) is 284 Å². The Balaban J connectivity index is 4.39. The molecule has 0 amide bonds. The molecule has 0 rings (SSSR count). The standard InChI is InChI=1S/C61H106O6/c1-4-7-10-13-16-19-22-25-27-29-31-33-34-36-39-42-45-48-51-54-60(63)66-57-58(56-65-59(62)53-50-47-44-41-38-24-21-18-15-12-9-6-3)67-61(64)55-52-49-46-43-40-37-35-32-30-28-26-23-20-17-14-11-8-5-2/h7,10,16,19,23,25-28,30,32,35,58H,4-6,8-9,11-15,17-18,20-22,24,29,31,33-34,36-57H2,1-3H3/b10-7-,19-16-,26-23-,27-25-,30-28-,35-32-. The highest BCUT2D eigenvalue weighted by Crippen LogP contribution is 2.15. The normalized spacial score (nSPS) is 12.6. The first kappa shape index (κ1) is 63.8. The lowest BCUT2D eigenvalue weighted by Gasteiger charge is -2.18. The molecule has 0 spiro atoms. The number of carbonyl (C=O) groups excluding carboxylic acids is 3. The van der Waals surface area contributed by atoms with Crippen molar-refractivity contribution in [3.63, 3.8) is 0 Å². The fourth-order valence-electron chi connectivity index (χ4n) is 7.99. The molecule has 386 valence electrons. The van der Waals surface area contributed by atoms with Crippen molar-refractivity contribution in [2.75, 3.05) is 13.2 Å². The summed E-state index contributed by atoms with van der Waals surface area (Å²) in [4.78, 5) is 38.1. The second-order valence-electron chi connectivity index (χ2n) is 18.9. The highest BCUT2D eigenvalue weighted by molar-refractivity contribution is 5.71. The lowest BCUT2D eigenvalue weighted by atomic mass is 10.0. The molecule has 6 heteroatoms. The number of rotatable bonds is 51. The number of carbonyl (C=O) groups is 3. The Kier molecular flexibility index (Phi) is 52.8. The first-order valence-corrected chi connectivity index (χ1v) is 28.5. The first-order valence-electron chi connectivity index (χ1n) is 28.5. The molecule has 0 aromatic rings. The van der Waals surface area contributed by atoms with Crippen LogP contribution >= 0.6 is 0 Å². The van der Waals surface area contributed by atoms with Crippen molar-refractivity contribution < 1.29 is 28.6 Å². The monoisotopic (exact) mass is 935 g/mol. The van der Waals surface area contributed by atoms with Crippen LogP contribution in [0, 0.1) is 0 Å². The molecule has 0 aromatic carbocycles. The molecule has 0 bridgehead atoms. The van der Waals surface area contributed by atoms with E-state index in [9.17, 15) is 14.4 Å². The Bertz CT molecular complexity index is 1260. The van der Waals surface area contributed by atoms with Gasteiger partial charge >= 0.3 is 17.9 Å². The van der Waals surface area contributed by atoms with Gasteiger partial charge in [0, 0.05) is 19.3 Å². The quantitative estimate of drug-likeness (QED) is 0.0199. The van der Waals surface area contributed by atoms with Crippen LogP contribution in [0.1, 0.15) is 278 Å². The van der Waals surface area contributed by atoms with Crippen LogP contribution in [-0.4, -0.2) is 37.2 Å². The molecule has 0 N–H and O–H groups in total. The topological polar surface area (TPSA) is 78.9 Å². The van der Waals surface area contributed by atoms with Crippen molar-refractivity contribution >= 4 is 17.9 Å². The third-order valence-electron chi connectivity index (χ3n) is 12.3. The fourth-order valence-corrected chi connectivity index (χ4v) is 7.99. The van der Waals surface area contributed by atoms with Crippen LogP contribution in [-0.2, 0) is 28.6 Å². The van der Waals surface area contributed by atoms with E-state index in [1.165, 1.54) is 135 Å². The summed E-state index contributed by atoms with van der Waals surface area (Å²) in [6.45, 7) is 6.51. The summed E-state index contributed by atoms with van der Waals surface area (Å²) in [7, 11) is 0. The van der Waals surface area contributed by atoms with Gasteiger partial charge in [-0.2, -0.15) is 0 Å². The molecular weight excluding hydrogens is 829 g/mol. The zero-order valence-electron chi connectivity index (χ0n) is 44.2. The summed E-state index contributed by atoms with van der Waals surface area (Å²) in [5.41, 5.74) is 0. The summed E-state index contributed by atoms with van der Waals surface area (Å²) in [5.74, 6) is -0.901. The molecule has 1 unspecified atom stereocenters. The van der Waals surface area contributed by atoms with Crippen LogP contribution in [0.4, 0.5) is 0 Å². The molecule has 0 radical (unpaired) electrons. The van der Waals surface area contributed by atoms with E-state index in [1.54, 1.807) is 0 Å². The number of unbranched alkanes of at least 4 members (excludes halogenated alkanes) is 30. The molecule has 0 aliphatic carbocycles. The molecule has 67 heavy (non-hydrogen) atoms. The van der Waals surface area contributed by atoms with E-state index in [-0.39, 0.29) is 31.1 Å². The minimum absolute atomic E-state index is 0.0834. The van der Waals surface area contributed by atoms with Gasteiger partial charge in [-0.05, 0) is 77.0 Å². The van der Waals surface area contributed by atoms with Gasteiger partial charge in [0.15, 0.2) is 6.10 Å². The summed E-state index contributed by atoms with van der Waals surface area (Å²) < 4.78 is 16.8. The molecule has 0 aliphatic heterocycles. The van der Waals surface area contributed by atoms with E-state index in [2.05, 4.69) is 93.7 Å². The van der Waals surface area contributed by atoms with Crippen molar-refractivity contribution in [3.05, 3.63) is 72.9 Å². The summed E-state index contributed by atoms with van der Waals surface area (Å²) in [5, 5.41) is 0. The van der Waals surface area contributed by atoms with Gasteiger partial charge in [-0.3, -0.25) is 14.4 Å². The molecule has 0 saturated heterocycles. The largest absolute Gasteiger partial charge is 0.462 e. The van der Waals surface area contributed by atoms with Gasteiger partial charge in [-0.25, -0.2) is 0 Å². The number of allylic oxidation sites excluding steroid dienone is 12. The van der Waals surface area contributed by atoms with E-state index in [0.717, 1.165) is 103 Å². The first-order chi connectivity index (χ1) is 33.0. The molecule has 0 fully saturated rings. The molecular formula is C61H106O6. The highest BCUT2D eigenvalue weighted by Gasteiger charge is 2.19. The Morgan fingerprint density at radius 1 is 0.328 bits per heavy atom. The van der Waals surface area contributed by atoms with E-state index in [0.29, 0.717) is 19.3 Å². The van der Waals surface area contributed by atoms with Gasteiger partial charge < -0.3 is 14.2 Å². The minimum atomic E-state index is -0.787. The van der Waals surface area contributed by atoms with Crippen molar-refractivity contribution in [3.8, 4) is 0 Å². The van der Waals surface area contributed by atoms with E-state index in [1.807, 2.05) is 0 Å². The number of ether oxygens (including phenoxy) is 3. The maximum absolute atomic E-state index is 12.8. The van der Waals surface area contributed by atoms with Crippen LogP contribution in [0.3, 0.4) is 0 Å². The van der Waals surface area contributed by atoms with E-state index in [4.69, 9.17) is 14.2 Å². The maximum Gasteiger partial charge on any atom is 0.306 e. The Labute approximate surface area is 414 Å². The van der Waals surface area contributed by atoms with Crippen molar-refractivity contribution in [2.24, 2.45) is 0 Å². The third-order valence-corrected chi connectivity index (χ3v) is 12.3. The van der Waals surface area contributed by atoms with Crippen LogP contribution in [0.2, 0.25) is 0 Å². The summed E-state index contributed by atoms with van der Waals surface area (Å²) >= 11 is 0. The molecule has 0 aromatic heterocycles. The van der Waals surface area contributed by atoms with Gasteiger partial charge in [0.1, 0.15) is 13.2 Å². The lowest BCUT2D eigenvalue weighted by molar-refractivity contribution is -0.167. The number of hydrogen-bond acceptors (Lipinski definition) is 6. The Morgan fingerprint density at radius 2 is 0.642 bits per heavy atom. The molecule has 1 atom stereocenters. The van der Waals surface area contributed by atoms with Crippen LogP contribution in [0.25, 0.3) is 0 Å². The number of esters is 3. The average molecular weight is 936 g/mol. The lowest BCUT2D eigenvalue weighted by Crippen LogP contribution is -2.30. The third kappa shape index (κ3) is 53.7. The average Bonchev–Trinajstić information content (AvgIpc) is 3.33. The summed E-state index contributed by atoms with van der Waals surface area (Å²) in [6.07, 6.45) is 70.3. The molecule has 0 heterocycles.